The lowest BCUT2D eigenvalue weighted by Crippen LogP contribution is -2.39. The molecule has 0 saturated carbocycles. The molecule has 40 heavy (non-hydrogen) atoms. The zero-order valence-corrected chi connectivity index (χ0v) is 24.6. The Labute approximate surface area is 241 Å². The number of carbonyl (C=O) groups is 1. The Balaban J connectivity index is 1.66. The van der Waals surface area contributed by atoms with E-state index in [4.69, 9.17) is 21.1 Å². The van der Waals surface area contributed by atoms with Gasteiger partial charge in [-0.2, -0.15) is 0 Å². The zero-order valence-electron chi connectivity index (χ0n) is 23.0. The molecule has 0 N–H and O–H groups in total. The van der Waals surface area contributed by atoms with Gasteiger partial charge in [-0.25, -0.2) is 9.79 Å². The minimum atomic E-state index is -0.672. The van der Waals surface area contributed by atoms with Gasteiger partial charge in [-0.05, 0) is 94.3 Å². The molecule has 0 saturated heterocycles. The van der Waals surface area contributed by atoms with Crippen molar-refractivity contribution in [2.45, 2.75) is 40.7 Å². The van der Waals surface area contributed by atoms with Gasteiger partial charge < -0.3 is 14.0 Å². The monoisotopic (exact) mass is 575 g/mol. The number of benzene rings is 2. The maximum atomic E-state index is 14.0. The van der Waals surface area contributed by atoms with Crippen LogP contribution in [0.4, 0.5) is 0 Å². The summed E-state index contributed by atoms with van der Waals surface area (Å²) in [6, 6.07) is 16.5. The predicted octanol–water partition coefficient (Wildman–Crippen LogP) is 5.26. The van der Waals surface area contributed by atoms with E-state index in [-0.39, 0.29) is 12.2 Å². The van der Waals surface area contributed by atoms with Crippen LogP contribution in [0.2, 0.25) is 5.02 Å². The molecule has 206 valence electrons. The van der Waals surface area contributed by atoms with Gasteiger partial charge in [0, 0.05) is 22.1 Å². The van der Waals surface area contributed by atoms with Crippen molar-refractivity contribution < 1.29 is 14.3 Å². The third kappa shape index (κ3) is 5.05. The van der Waals surface area contributed by atoms with Crippen LogP contribution in [-0.4, -0.2) is 28.3 Å². The number of nitrogens with zero attached hydrogens (tertiary/aromatic N) is 3. The highest BCUT2D eigenvalue weighted by molar-refractivity contribution is 7.07. The number of carbonyl (C=O) groups excluding carboxylic acids is 1. The number of hydrogen-bond acceptors (Lipinski definition) is 6. The van der Waals surface area contributed by atoms with Gasteiger partial charge in [0.15, 0.2) is 4.80 Å². The van der Waals surface area contributed by atoms with E-state index in [1.54, 1.807) is 18.4 Å². The molecular weight excluding hydrogens is 546 g/mol. The number of hydrogen-bond donors (Lipinski definition) is 0. The molecule has 0 unspecified atom stereocenters. The highest BCUT2D eigenvalue weighted by Gasteiger charge is 2.33. The highest BCUT2D eigenvalue weighted by Crippen LogP contribution is 2.32. The molecule has 3 heterocycles. The minimum absolute atomic E-state index is 0.215. The molecule has 5 rings (SSSR count). The molecule has 1 aliphatic rings. The zero-order chi connectivity index (χ0) is 28.6. The number of aromatic nitrogens is 2. The third-order valence-electron chi connectivity index (χ3n) is 6.87. The van der Waals surface area contributed by atoms with Gasteiger partial charge in [0.05, 0.1) is 35.1 Å². The van der Waals surface area contributed by atoms with Crippen LogP contribution in [-0.2, 0) is 9.53 Å². The number of halogens is 1. The third-order valence-corrected chi connectivity index (χ3v) is 8.10. The summed E-state index contributed by atoms with van der Waals surface area (Å²) >= 11 is 7.40. The van der Waals surface area contributed by atoms with Crippen LogP contribution < -0.4 is 19.6 Å². The number of rotatable bonds is 7. The minimum Gasteiger partial charge on any atom is -0.494 e. The average molecular weight is 576 g/mol. The molecule has 1 atom stereocenters. The summed E-state index contributed by atoms with van der Waals surface area (Å²) in [4.78, 5) is 32.3. The molecule has 4 aromatic rings. The van der Waals surface area contributed by atoms with E-state index in [1.807, 2.05) is 75.4 Å². The van der Waals surface area contributed by atoms with Crippen LogP contribution in [0.25, 0.3) is 11.8 Å². The second kappa shape index (κ2) is 11.3. The van der Waals surface area contributed by atoms with Gasteiger partial charge in [-0.15, -0.1) is 0 Å². The summed E-state index contributed by atoms with van der Waals surface area (Å²) in [7, 11) is 0. The van der Waals surface area contributed by atoms with Gasteiger partial charge >= 0.3 is 5.97 Å². The second-order valence-corrected chi connectivity index (χ2v) is 10.9. The summed E-state index contributed by atoms with van der Waals surface area (Å²) in [6.07, 6.45) is 1.90. The molecule has 2 aromatic heterocycles. The number of allylic oxidation sites excluding steroid dienone is 1. The summed E-state index contributed by atoms with van der Waals surface area (Å²) in [5, 5.41) is 0.673. The Morgan fingerprint density at radius 1 is 1.05 bits per heavy atom. The maximum Gasteiger partial charge on any atom is 0.338 e. The Morgan fingerprint density at radius 2 is 1.75 bits per heavy atom. The molecule has 0 aliphatic carbocycles. The van der Waals surface area contributed by atoms with Crippen LogP contribution in [0, 0.1) is 13.8 Å². The van der Waals surface area contributed by atoms with Crippen molar-refractivity contribution in [2.24, 2.45) is 4.99 Å². The molecule has 0 spiro atoms. The lowest BCUT2D eigenvalue weighted by Gasteiger charge is -2.24. The van der Waals surface area contributed by atoms with Crippen molar-refractivity contribution in [2.75, 3.05) is 13.2 Å². The highest BCUT2D eigenvalue weighted by atomic mass is 35.5. The van der Waals surface area contributed by atoms with E-state index >= 15 is 0 Å². The van der Waals surface area contributed by atoms with Gasteiger partial charge in [-0.3, -0.25) is 9.36 Å². The smallest absolute Gasteiger partial charge is 0.338 e. The van der Waals surface area contributed by atoms with Crippen molar-refractivity contribution in [1.29, 1.82) is 0 Å². The molecule has 1 aliphatic heterocycles. The number of fused-ring (bicyclic) bond motifs is 1. The number of esters is 1. The van der Waals surface area contributed by atoms with Crippen molar-refractivity contribution in [1.82, 2.24) is 9.13 Å². The van der Waals surface area contributed by atoms with E-state index in [2.05, 4.69) is 15.6 Å². The van der Waals surface area contributed by atoms with E-state index in [9.17, 15) is 9.59 Å². The molecule has 0 radical (unpaired) electrons. The Morgan fingerprint density at radius 3 is 2.40 bits per heavy atom. The first-order valence-corrected chi connectivity index (χ1v) is 14.3. The Bertz CT molecular complexity index is 1790. The molecular formula is C31H30ClN3O4S. The lowest BCUT2D eigenvalue weighted by molar-refractivity contribution is -0.139. The summed E-state index contributed by atoms with van der Waals surface area (Å²) in [6.45, 7) is 10.3. The fourth-order valence-electron chi connectivity index (χ4n) is 5.08. The van der Waals surface area contributed by atoms with Gasteiger partial charge in [0.25, 0.3) is 5.56 Å². The molecule has 2 aromatic carbocycles. The van der Waals surface area contributed by atoms with Gasteiger partial charge in [0.1, 0.15) is 5.75 Å². The summed E-state index contributed by atoms with van der Waals surface area (Å²) in [5.41, 5.74) is 5.39. The summed E-state index contributed by atoms with van der Waals surface area (Å²) in [5.74, 6) is 0.233. The standard InChI is InChI=1S/C31H30ClN3O4S/c1-6-38-25-14-8-21(9-15-25)28-27(30(37)39-7-2)19(4)33-31-35(28)29(36)26(40-31)17-22-16-18(3)34(20(22)5)24-12-10-23(32)11-13-24/h8-17,28H,6-7H2,1-5H3/t28-/m0/s1. The van der Waals surface area contributed by atoms with Gasteiger partial charge in [0.2, 0.25) is 0 Å². The Kier molecular flexibility index (Phi) is 7.83. The van der Waals surface area contributed by atoms with Crippen molar-refractivity contribution >= 4 is 35.0 Å². The second-order valence-electron chi connectivity index (χ2n) is 9.44. The Hall–Kier alpha value is -3.88. The first-order chi connectivity index (χ1) is 19.2. The van der Waals surface area contributed by atoms with Crippen molar-refractivity contribution in [3.8, 4) is 11.4 Å². The van der Waals surface area contributed by atoms with Crippen molar-refractivity contribution in [3.63, 3.8) is 0 Å². The first kappa shape index (κ1) is 27.7. The van der Waals surface area contributed by atoms with Crippen LogP contribution in [0.1, 0.15) is 49.3 Å². The SMILES string of the molecule is CCOC(=O)C1=C(C)N=c2sc(=Cc3cc(C)n(-c4ccc(Cl)cc4)c3C)c(=O)n2[C@H]1c1ccc(OCC)cc1. The van der Waals surface area contributed by atoms with Gasteiger partial charge in [-0.1, -0.05) is 35.1 Å². The van der Waals surface area contributed by atoms with Crippen LogP contribution in [0.15, 0.2) is 75.7 Å². The number of ether oxygens (including phenoxy) is 2. The summed E-state index contributed by atoms with van der Waals surface area (Å²) < 4.78 is 15.3. The normalized spacial score (nSPS) is 15.2. The molecule has 7 nitrogen and oxygen atoms in total. The van der Waals surface area contributed by atoms with Crippen LogP contribution in [0.3, 0.4) is 0 Å². The van der Waals surface area contributed by atoms with Crippen LogP contribution >= 0.6 is 22.9 Å². The lowest BCUT2D eigenvalue weighted by atomic mass is 9.96. The first-order valence-electron chi connectivity index (χ1n) is 13.1. The topological polar surface area (TPSA) is 74.8 Å². The van der Waals surface area contributed by atoms with E-state index in [0.717, 1.165) is 28.2 Å². The molecule has 9 heteroatoms. The fourth-order valence-corrected chi connectivity index (χ4v) is 6.25. The quantitative estimate of drug-likeness (QED) is 0.282. The van der Waals surface area contributed by atoms with E-state index in [0.29, 0.717) is 38.0 Å². The predicted molar refractivity (Wildman–Crippen MR) is 158 cm³/mol. The fraction of sp³-hybridized carbons (Fsp3) is 0.258. The molecule has 0 bridgehead atoms. The van der Waals surface area contributed by atoms with Crippen molar-refractivity contribution in [3.05, 3.63) is 113 Å². The van der Waals surface area contributed by atoms with E-state index in [1.165, 1.54) is 11.3 Å². The molecule has 0 amide bonds. The largest absolute Gasteiger partial charge is 0.494 e. The molecule has 0 fully saturated rings. The van der Waals surface area contributed by atoms with E-state index < -0.39 is 12.0 Å². The number of aryl methyl sites for hydroxylation is 1. The van der Waals surface area contributed by atoms with Crippen LogP contribution in [0.5, 0.6) is 5.75 Å². The number of thiazole rings is 1. The average Bonchev–Trinajstić information content (AvgIpc) is 3.38. The maximum absolute atomic E-state index is 14.0.